The minimum atomic E-state index is -3.11. The Bertz CT molecular complexity index is 379. The maximum absolute atomic E-state index is 12.4. The van der Waals surface area contributed by atoms with Crippen LogP contribution < -0.4 is 5.32 Å². The fraction of sp³-hybridized carbons (Fsp3) is 1.00. The lowest BCUT2D eigenvalue weighted by Gasteiger charge is -2.34. The second-order valence-corrected chi connectivity index (χ2v) is 9.35. The Labute approximate surface area is 125 Å². The summed E-state index contributed by atoms with van der Waals surface area (Å²) in [5.41, 5.74) is 0.0661. The Hall–Kier alpha value is -0.130. The van der Waals surface area contributed by atoms with Crippen LogP contribution in [0.3, 0.4) is 0 Å². The molecule has 0 amide bonds. The largest absolute Gasteiger partial charge is 0.314 e. The van der Waals surface area contributed by atoms with E-state index >= 15 is 0 Å². The third-order valence-corrected chi connectivity index (χ3v) is 6.15. The van der Waals surface area contributed by atoms with Gasteiger partial charge in [0.05, 0.1) is 5.75 Å². The predicted octanol–water partition coefficient (Wildman–Crippen LogP) is 2.60. The first kappa shape index (κ1) is 17.9. The molecule has 0 spiro atoms. The second-order valence-electron chi connectivity index (χ2n) is 7.21. The average molecular weight is 305 g/mol. The van der Waals surface area contributed by atoms with Gasteiger partial charge in [0, 0.05) is 19.1 Å². The smallest absolute Gasteiger partial charge is 0.214 e. The maximum Gasteiger partial charge on any atom is 0.214 e. The summed E-state index contributed by atoms with van der Waals surface area (Å²) in [6, 6.07) is 0.761. The molecule has 4 nitrogen and oxygen atoms in total. The van der Waals surface area contributed by atoms with Crippen LogP contribution in [0, 0.1) is 5.41 Å². The van der Waals surface area contributed by atoms with Crippen LogP contribution in [0.2, 0.25) is 0 Å². The molecule has 0 atom stereocenters. The summed E-state index contributed by atoms with van der Waals surface area (Å²) in [5.74, 6) is 0.264. The van der Waals surface area contributed by atoms with E-state index in [1.807, 2.05) is 0 Å². The maximum atomic E-state index is 12.4. The quantitative estimate of drug-likeness (QED) is 0.820. The molecule has 0 saturated heterocycles. The van der Waals surface area contributed by atoms with Gasteiger partial charge in [-0.25, -0.2) is 12.7 Å². The van der Waals surface area contributed by atoms with Crippen molar-refractivity contribution in [2.45, 2.75) is 71.9 Å². The molecule has 0 bridgehead atoms. The van der Waals surface area contributed by atoms with E-state index in [2.05, 4.69) is 33.0 Å². The van der Waals surface area contributed by atoms with E-state index in [9.17, 15) is 8.42 Å². The summed E-state index contributed by atoms with van der Waals surface area (Å²) < 4.78 is 26.4. The van der Waals surface area contributed by atoms with Gasteiger partial charge in [-0.1, -0.05) is 27.7 Å². The van der Waals surface area contributed by atoms with Crippen LogP contribution in [0.5, 0.6) is 0 Å². The van der Waals surface area contributed by atoms with Crippen LogP contribution in [0.1, 0.15) is 59.8 Å². The third kappa shape index (κ3) is 5.70. The number of nitrogens with zero attached hydrogens (tertiary/aromatic N) is 1. The predicted molar refractivity (Wildman–Crippen MR) is 85.3 cm³/mol. The molecule has 0 aromatic heterocycles. The van der Waals surface area contributed by atoms with E-state index in [1.54, 1.807) is 11.4 Å². The molecular formula is C15H32N2O2S. The zero-order valence-electron chi connectivity index (χ0n) is 13.8. The Morgan fingerprint density at radius 1 is 1.15 bits per heavy atom. The molecule has 120 valence electrons. The van der Waals surface area contributed by atoms with Gasteiger partial charge in [-0.2, -0.15) is 0 Å². The van der Waals surface area contributed by atoms with Crippen LogP contribution >= 0.6 is 0 Å². The van der Waals surface area contributed by atoms with Crippen molar-refractivity contribution in [2.75, 3.05) is 19.3 Å². The molecular weight excluding hydrogens is 272 g/mol. The minimum Gasteiger partial charge on any atom is -0.314 e. The summed E-state index contributed by atoms with van der Waals surface area (Å²) in [7, 11) is -1.35. The van der Waals surface area contributed by atoms with Gasteiger partial charge in [-0.15, -0.1) is 0 Å². The molecule has 0 radical (unpaired) electrons. The van der Waals surface area contributed by atoms with Crippen molar-refractivity contribution in [2.24, 2.45) is 5.41 Å². The van der Waals surface area contributed by atoms with Crippen molar-refractivity contribution < 1.29 is 8.42 Å². The van der Waals surface area contributed by atoms with Crippen LogP contribution in [0.25, 0.3) is 0 Å². The first-order valence-electron chi connectivity index (χ1n) is 7.85. The van der Waals surface area contributed by atoms with E-state index in [1.165, 1.54) is 0 Å². The van der Waals surface area contributed by atoms with E-state index in [4.69, 9.17) is 0 Å². The molecule has 0 heterocycles. The lowest BCUT2D eigenvalue weighted by Crippen LogP contribution is -2.44. The molecule has 5 heteroatoms. The van der Waals surface area contributed by atoms with Gasteiger partial charge < -0.3 is 5.32 Å². The van der Waals surface area contributed by atoms with E-state index < -0.39 is 10.0 Å². The first-order valence-corrected chi connectivity index (χ1v) is 9.46. The minimum absolute atomic E-state index is 0.0661. The number of hydrogen-bond donors (Lipinski definition) is 1. The Kier molecular flexibility index (Phi) is 6.48. The summed E-state index contributed by atoms with van der Waals surface area (Å²) in [5, 5.41) is 3.46. The lowest BCUT2D eigenvalue weighted by atomic mass is 9.91. The molecule has 1 aliphatic carbocycles. The highest BCUT2D eigenvalue weighted by atomic mass is 32.2. The Morgan fingerprint density at radius 3 is 2.15 bits per heavy atom. The van der Waals surface area contributed by atoms with E-state index in [0.717, 1.165) is 32.2 Å². The number of nitrogens with one attached hydrogen (secondary N) is 1. The average Bonchev–Trinajstić information content (AvgIpc) is 2.36. The number of sulfonamides is 1. The highest BCUT2D eigenvalue weighted by molar-refractivity contribution is 7.89. The molecule has 1 N–H and O–H groups in total. The highest BCUT2D eigenvalue weighted by Gasteiger charge is 2.30. The topological polar surface area (TPSA) is 49.4 Å². The molecule has 1 rings (SSSR count). The van der Waals surface area contributed by atoms with Crippen LogP contribution in [0.4, 0.5) is 0 Å². The molecule has 1 saturated carbocycles. The van der Waals surface area contributed by atoms with Crippen molar-refractivity contribution in [3.8, 4) is 0 Å². The summed E-state index contributed by atoms with van der Waals surface area (Å²) >= 11 is 0. The third-order valence-electron chi connectivity index (χ3n) is 4.25. The summed E-state index contributed by atoms with van der Waals surface area (Å²) in [6.45, 7) is 9.38. The van der Waals surface area contributed by atoms with Crippen molar-refractivity contribution in [1.29, 1.82) is 0 Å². The fourth-order valence-corrected chi connectivity index (χ4v) is 4.56. The molecule has 0 unspecified atom stereocenters. The molecule has 20 heavy (non-hydrogen) atoms. The van der Waals surface area contributed by atoms with Crippen LogP contribution in [0.15, 0.2) is 0 Å². The monoisotopic (exact) mass is 304 g/mol. The standard InChI is InChI=1S/C15H32N2O2S/c1-6-16-13-7-9-14(10-8-13)17(5)20(18,19)12-11-15(2,3)4/h13-14,16H,6-12H2,1-5H3. The Balaban J connectivity index is 2.51. The first-order chi connectivity index (χ1) is 9.15. The molecule has 0 aromatic rings. The molecule has 1 fully saturated rings. The van der Waals surface area contributed by atoms with E-state index in [-0.39, 0.29) is 17.2 Å². The van der Waals surface area contributed by atoms with Gasteiger partial charge in [0.1, 0.15) is 0 Å². The zero-order chi connectivity index (χ0) is 15.4. The van der Waals surface area contributed by atoms with Crippen molar-refractivity contribution >= 4 is 10.0 Å². The van der Waals surface area contributed by atoms with Crippen molar-refractivity contribution in [1.82, 2.24) is 9.62 Å². The van der Waals surface area contributed by atoms with Crippen LogP contribution in [-0.2, 0) is 10.0 Å². The van der Waals surface area contributed by atoms with Crippen molar-refractivity contribution in [3.63, 3.8) is 0 Å². The van der Waals surface area contributed by atoms with Gasteiger partial charge >= 0.3 is 0 Å². The van der Waals surface area contributed by atoms with Crippen LogP contribution in [-0.4, -0.2) is 44.2 Å². The Morgan fingerprint density at radius 2 is 1.70 bits per heavy atom. The van der Waals surface area contributed by atoms with Gasteiger partial charge in [0.15, 0.2) is 0 Å². The second kappa shape index (κ2) is 7.23. The zero-order valence-corrected chi connectivity index (χ0v) is 14.6. The number of hydrogen-bond acceptors (Lipinski definition) is 3. The molecule has 1 aliphatic rings. The highest BCUT2D eigenvalue weighted by Crippen LogP contribution is 2.26. The van der Waals surface area contributed by atoms with Gasteiger partial charge in [-0.3, -0.25) is 0 Å². The van der Waals surface area contributed by atoms with E-state index in [0.29, 0.717) is 12.5 Å². The summed E-state index contributed by atoms with van der Waals surface area (Å²) in [6.07, 6.45) is 4.83. The fourth-order valence-electron chi connectivity index (χ4n) is 2.74. The molecule has 0 aliphatic heterocycles. The molecule has 0 aromatic carbocycles. The summed E-state index contributed by atoms with van der Waals surface area (Å²) in [4.78, 5) is 0. The van der Waals surface area contributed by atoms with Crippen molar-refractivity contribution in [3.05, 3.63) is 0 Å². The van der Waals surface area contributed by atoms with Gasteiger partial charge in [-0.05, 0) is 44.1 Å². The SMILES string of the molecule is CCNC1CCC(N(C)S(=O)(=O)CCC(C)(C)C)CC1. The lowest BCUT2D eigenvalue weighted by molar-refractivity contribution is 0.250. The van der Waals surface area contributed by atoms with Gasteiger partial charge in [0.2, 0.25) is 10.0 Å². The number of rotatable bonds is 6. The normalized spacial score (nSPS) is 25.1. The van der Waals surface area contributed by atoms with Gasteiger partial charge in [0.25, 0.3) is 0 Å².